The standard InChI is InChI=1S/C25H48O4/c1-4-5-6-7-8-9-10-11-12-13-14-15-16-17-18-22-28-24(26)20-19-21-25(27)29-23(2)3/h23H,4-22H2,1-3H3. The van der Waals surface area contributed by atoms with Crippen molar-refractivity contribution in [1.82, 2.24) is 0 Å². The molecule has 29 heavy (non-hydrogen) atoms. The van der Waals surface area contributed by atoms with E-state index in [1.165, 1.54) is 83.5 Å². The van der Waals surface area contributed by atoms with Crippen LogP contribution in [0, 0.1) is 0 Å². The number of unbranched alkanes of at least 4 members (excludes halogenated alkanes) is 14. The highest BCUT2D eigenvalue weighted by atomic mass is 16.5. The van der Waals surface area contributed by atoms with E-state index in [-0.39, 0.29) is 24.5 Å². The van der Waals surface area contributed by atoms with Crippen LogP contribution in [0.2, 0.25) is 0 Å². The van der Waals surface area contributed by atoms with Crippen LogP contribution >= 0.6 is 0 Å². The summed E-state index contributed by atoms with van der Waals surface area (Å²) in [5.74, 6) is -0.442. The molecule has 0 unspecified atom stereocenters. The van der Waals surface area contributed by atoms with E-state index in [9.17, 15) is 9.59 Å². The van der Waals surface area contributed by atoms with E-state index < -0.39 is 0 Å². The third-order valence-electron chi connectivity index (χ3n) is 5.14. The summed E-state index contributed by atoms with van der Waals surface area (Å²) < 4.78 is 10.3. The van der Waals surface area contributed by atoms with Gasteiger partial charge < -0.3 is 9.47 Å². The van der Waals surface area contributed by atoms with Gasteiger partial charge in [-0.15, -0.1) is 0 Å². The Kier molecular flexibility index (Phi) is 20.9. The first-order valence-corrected chi connectivity index (χ1v) is 12.4. The van der Waals surface area contributed by atoms with Gasteiger partial charge in [0, 0.05) is 12.8 Å². The molecule has 0 radical (unpaired) electrons. The van der Waals surface area contributed by atoms with Gasteiger partial charge >= 0.3 is 11.9 Å². The van der Waals surface area contributed by atoms with E-state index in [0.29, 0.717) is 19.4 Å². The van der Waals surface area contributed by atoms with Gasteiger partial charge in [-0.3, -0.25) is 9.59 Å². The lowest BCUT2D eigenvalue weighted by atomic mass is 10.0. The van der Waals surface area contributed by atoms with Gasteiger partial charge in [0.2, 0.25) is 0 Å². The van der Waals surface area contributed by atoms with Crippen molar-refractivity contribution in [2.24, 2.45) is 0 Å². The molecule has 0 aliphatic rings. The summed E-state index contributed by atoms with van der Waals surface area (Å²) in [6, 6.07) is 0. The molecule has 4 nitrogen and oxygen atoms in total. The average molecular weight is 413 g/mol. The summed E-state index contributed by atoms with van der Waals surface area (Å²) in [5, 5.41) is 0. The van der Waals surface area contributed by atoms with Crippen LogP contribution in [0.3, 0.4) is 0 Å². The zero-order chi connectivity index (χ0) is 21.6. The quantitative estimate of drug-likeness (QED) is 0.144. The number of rotatable bonds is 21. The molecule has 0 fully saturated rings. The lowest BCUT2D eigenvalue weighted by Gasteiger charge is -2.07. The van der Waals surface area contributed by atoms with Gasteiger partial charge in [-0.25, -0.2) is 0 Å². The number of hydrogen-bond acceptors (Lipinski definition) is 4. The summed E-state index contributed by atoms with van der Waals surface area (Å²) in [4.78, 5) is 23.0. The number of esters is 2. The molecule has 0 bridgehead atoms. The lowest BCUT2D eigenvalue weighted by molar-refractivity contribution is -0.148. The lowest BCUT2D eigenvalue weighted by Crippen LogP contribution is -2.12. The highest BCUT2D eigenvalue weighted by Gasteiger charge is 2.08. The van der Waals surface area contributed by atoms with Crippen LogP contribution in [-0.2, 0) is 19.1 Å². The third kappa shape index (κ3) is 23.1. The molecule has 0 aromatic carbocycles. The predicted octanol–water partition coefficient (Wildman–Crippen LogP) is 7.52. The van der Waals surface area contributed by atoms with Crippen molar-refractivity contribution in [3.05, 3.63) is 0 Å². The molecule has 0 spiro atoms. The van der Waals surface area contributed by atoms with Crippen molar-refractivity contribution >= 4 is 11.9 Å². The molecule has 172 valence electrons. The van der Waals surface area contributed by atoms with Gasteiger partial charge in [0.15, 0.2) is 0 Å². The molecule has 0 aromatic heterocycles. The Hall–Kier alpha value is -1.06. The van der Waals surface area contributed by atoms with Crippen molar-refractivity contribution in [1.29, 1.82) is 0 Å². The normalized spacial score (nSPS) is 11.0. The minimum atomic E-state index is -0.241. The number of carbonyl (C=O) groups excluding carboxylic acids is 2. The Morgan fingerprint density at radius 1 is 0.586 bits per heavy atom. The largest absolute Gasteiger partial charge is 0.466 e. The molecule has 0 saturated heterocycles. The van der Waals surface area contributed by atoms with Crippen LogP contribution in [0.5, 0.6) is 0 Å². The van der Waals surface area contributed by atoms with Gasteiger partial charge in [0.05, 0.1) is 12.7 Å². The number of carbonyl (C=O) groups is 2. The maximum atomic E-state index is 11.6. The predicted molar refractivity (Wildman–Crippen MR) is 121 cm³/mol. The van der Waals surface area contributed by atoms with E-state index in [0.717, 1.165) is 12.8 Å². The van der Waals surface area contributed by atoms with E-state index >= 15 is 0 Å². The number of hydrogen-bond donors (Lipinski definition) is 0. The summed E-state index contributed by atoms with van der Waals surface area (Å²) in [6.07, 6.45) is 20.9. The van der Waals surface area contributed by atoms with Gasteiger partial charge in [-0.1, -0.05) is 96.8 Å². The van der Waals surface area contributed by atoms with Gasteiger partial charge in [-0.05, 0) is 26.7 Å². The molecule has 0 aliphatic heterocycles. The Labute approximate surface area is 180 Å². The molecule has 0 amide bonds. The molecule has 0 atom stereocenters. The van der Waals surface area contributed by atoms with Gasteiger partial charge in [0.25, 0.3) is 0 Å². The summed E-state index contributed by atoms with van der Waals surface area (Å²) in [6.45, 7) is 6.42. The van der Waals surface area contributed by atoms with E-state index in [1.54, 1.807) is 0 Å². The third-order valence-corrected chi connectivity index (χ3v) is 5.14. The van der Waals surface area contributed by atoms with Crippen LogP contribution in [0.25, 0.3) is 0 Å². The summed E-state index contributed by atoms with van der Waals surface area (Å²) in [5.41, 5.74) is 0. The van der Waals surface area contributed by atoms with Crippen LogP contribution in [0.15, 0.2) is 0 Å². The molecular weight excluding hydrogens is 364 g/mol. The fraction of sp³-hybridized carbons (Fsp3) is 0.920. The van der Waals surface area contributed by atoms with Gasteiger partial charge in [-0.2, -0.15) is 0 Å². The zero-order valence-corrected chi connectivity index (χ0v) is 19.6. The van der Waals surface area contributed by atoms with Crippen molar-refractivity contribution < 1.29 is 19.1 Å². The van der Waals surface area contributed by atoms with Crippen LogP contribution in [0.1, 0.15) is 136 Å². The molecule has 0 aromatic rings. The van der Waals surface area contributed by atoms with Crippen molar-refractivity contribution in [3.63, 3.8) is 0 Å². The minimum Gasteiger partial charge on any atom is -0.466 e. The molecule has 0 saturated carbocycles. The monoisotopic (exact) mass is 412 g/mol. The molecule has 0 aliphatic carbocycles. The van der Waals surface area contributed by atoms with Crippen LogP contribution in [-0.4, -0.2) is 24.6 Å². The number of ether oxygens (including phenoxy) is 2. The van der Waals surface area contributed by atoms with E-state index in [4.69, 9.17) is 9.47 Å². The Morgan fingerprint density at radius 3 is 1.45 bits per heavy atom. The molecule has 0 N–H and O–H groups in total. The molecule has 0 rings (SSSR count). The Morgan fingerprint density at radius 2 is 1.00 bits per heavy atom. The Balaban J connectivity index is 3.21. The van der Waals surface area contributed by atoms with E-state index in [1.807, 2.05) is 13.8 Å². The second kappa shape index (κ2) is 21.6. The highest BCUT2D eigenvalue weighted by Crippen LogP contribution is 2.13. The molecule has 4 heteroatoms. The molecular formula is C25H48O4. The first kappa shape index (κ1) is 27.9. The average Bonchev–Trinajstić information content (AvgIpc) is 2.67. The Bertz CT molecular complexity index is 379. The summed E-state index contributed by atoms with van der Waals surface area (Å²) in [7, 11) is 0. The molecule has 0 heterocycles. The smallest absolute Gasteiger partial charge is 0.306 e. The maximum absolute atomic E-state index is 11.6. The summed E-state index contributed by atoms with van der Waals surface area (Å²) >= 11 is 0. The van der Waals surface area contributed by atoms with Crippen LogP contribution < -0.4 is 0 Å². The SMILES string of the molecule is CCCCCCCCCCCCCCCCCOC(=O)CCCC(=O)OC(C)C. The first-order chi connectivity index (χ1) is 14.1. The topological polar surface area (TPSA) is 52.6 Å². The minimum absolute atomic E-state index is 0.0976. The fourth-order valence-corrected chi connectivity index (χ4v) is 3.43. The van der Waals surface area contributed by atoms with Crippen molar-refractivity contribution in [3.8, 4) is 0 Å². The second-order valence-corrected chi connectivity index (χ2v) is 8.56. The van der Waals surface area contributed by atoms with E-state index in [2.05, 4.69) is 6.92 Å². The fourth-order valence-electron chi connectivity index (χ4n) is 3.43. The van der Waals surface area contributed by atoms with Gasteiger partial charge in [0.1, 0.15) is 0 Å². The van der Waals surface area contributed by atoms with Crippen molar-refractivity contribution in [2.45, 2.75) is 142 Å². The maximum Gasteiger partial charge on any atom is 0.306 e. The second-order valence-electron chi connectivity index (χ2n) is 8.56. The highest BCUT2D eigenvalue weighted by molar-refractivity contribution is 5.72. The zero-order valence-electron chi connectivity index (χ0n) is 19.6. The van der Waals surface area contributed by atoms with Crippen molar-refractivity contribution in [2.75, 3.05) is 6.61 Å². The first-order valence-electron chi connectivity index (χ1n) is 12.4. The van der Waals surface area contributed by atoms with Crippen LogP contribution in [0.4, 0.5) is 0 Å².